The molecule has 2 aromatic rings. The highest BCUT2D eigenvalue weighted by atomic mass is 35.5. The van der Waals surface area contributed by atoms with Gasteiger partial charge in [0.2, 0.25) is 0 Å². The highest BCUT2D eigenvalue weighted by Crippen LogP contribution is 2.29. The molecule has 0 unspecified atom stereocenters. The number of nitro benzene ring substituents is 1. The molecule has 8 heteroatoms. The summed E-state index contributed by atoms with van der Waals surface area (Å²) in [6.45, 7) is 1.46. The lowest BCUT2D eigenvalue weighted by atomic mass is 10.2. The molecule has 0 fully saturated rings. The minimum absolute atomic E-state index is 0.0310. The molecular formula is C15H12Cl2N2O4. The fourth-order valence-corrected chi connectivity index (χ4v) is 2.11. The summed E-state index contributed by atoms with van der Waals surface area (Å²) in [5.74, 6) is -0.495. The maximum absolute atomic E-state index is 11.9. The quantitative estimate of drug-likeness (QED) is 0.643. The summed E-state index contributed by atoms with van der Waals surface area (Å²) < 4.78 is 5.20. The fourth-order valence-electron chi connectivity index (χ4n) is 1.77. The maximum atomic E-state index is 11.9. The van der Waals surface area contributed by atoms with Gasteiger partial charge in [-0.15, -0.1) is 0 Å². The van der Waals surface area contributed by atoms with Gasteiger partial charge in [-0.1, -0.05) is 29.3 Å². The number of halogens is 2. The molecule has 0 saturated heterocycles. The van der Waals surface area contributed by atoms with Crippen molar-refractivity contribution in [1.29, 1.82) is 0 Å². The maximum Gasteiger partial charge on any atom is 0.312 e. The van der Waals surface area contributed by atoms with Crippen LogP contribution in [0.1, 0.15) is 5.56 Å². The monoisotopic (exact) mass is 354 g/mol. The molecule has 0 radical (unpaired) electrons. The van der Waals surface area contributed by atoms with Crippen LogP contribution in [-0.4, -0.2) is 17.4 Å². The number of carbonyl (C=O) groups is 1. The van der Waals surface area contributed by atoms with E-state index in [9.17, 15) is 14.9 Å². The molecule has 120 valence electrons. The number of ether oxygens (including phenoxy) is 1. The van der Waals surface area contributed by atoms with Crippen LogP contribution in [0.15, 0.2) is 36.4 Å². The van der Waals surface area contributed by atoms with Gasteiger partial charge in [0.1, 0.15) is 0 Å². The van der Waals surface area contributed by atoms with Crippen LogP contribution >= 0.6 is 23.2 Å². The Hall–Kier alpha value is -2.31. The van der Waals surface area contributed by atoms with E-state index < -0.39 is 10.8 Å². The van der Waals surface area contributed by atoms with E-state index in [0.29, 0.717) is 10.7 Å². The molecule has 2 aromatic carbocycles. The van der Waals surface area contributed by atoms with E-state index in [1.807, 2.05) is 6.92 Å². The van der Waals surface area contributed by atoms with Gasteiger partial charge in [-0.25, -0.2) is 0 Å². The zero-order valence-corrected chi connectivity index (χ0v) is 13.5. The van der Waals surface area contributed by atoms with Crippen molar-refractivity contribution in [2.45, 2.75) is 6.92 Å². The van der Waals surface area contributed by atoms with E-state index in [2.05, 4.69) is 5.32 Å². The molecule has 2 rings (SSSR count). The Morgan fingerprint density at radius 1 is 1.26 bits per heavy atom. The topological polar surface area (TPSA) is 81.5 Å². The minimum Gasteiger partial charge on any atom is -0.477 e. The van der Waals surface area contributed by atoms with Gasteiger partial charge < -0.3 is 10.1 Å². The number of benzene rings is 2. The summed E-state index contributed by atoms with van der Waals surface area (Å²) in [6.07, 6.45) is 0. The van der Waals surface area contributed by atoms with Crippen LogP contribution in [0.2, 0.25) is 10.0 Å². The van der Waals surface area contributed by atoms with Gasteiger partial charge in [-0.3, -0.25) is 14.9 Å². The third-order valence-electron chi connectivity index (χ3n) is 2.93. The van der Waals surface area contributed by atoms with Crippen molar-refractivity contribution in [3.8, 4) is 5.75 Å². The molecule has 0 heterocycles. The van der Waals surface area contributed by atoms with Crippen molar-refractivity contribution in [3.05, 3.63) is 62.1 Å². The number of nitrogens with zero attached hydrogens (tertiary/aromatic N) is 1. The first-order valence-electron chi connectivity index (χ1n) is 6.49. The van der Waals surface area contributed by atoms with Gasteiger partial charge in [0, 0.05) is 21.8 Å². The number of rotatable bonds is 5. The largest absolute Gasteiger partial charge is 0.477 e. The molecule has 0 bridgehead atoms. The van der Waals surface area contributed by atoms with E-state index >= 15 is 0 Å². The normalized spacial score (nSPS) is 10.2. The van der Waals surface area contributed by atoms with Crippen molar-refractivity contribution in [1.82, 2.24) is 0 Å². The Morgan fingerprint density at radius 2 is 2.00 bits per heavy atom. The first kappa shape index (κ1) is 17.1. The molecular weight excluding hydrogens is 343 g/mol. The van der Waals surface area contributed by atoms with Crippen LogP contribution < -0.4 is 10.1 Å². The predicted molar refractivity (Wildman–Crippen MR) is 88.4 cm³/mol. The Bertz CT molecular complexity index is 765. The molecule has 23 heavy (non-hydrogen) atoms. The van der Waals surface area contributed by atoms with Crippen LogP contribution in [0.3, 0.4) is 0 Å². The second-order valence-corrected chi connectivity index (χ2v) is 5.51. The number of anilines is 1. The van der Waals surface area contributed by atoms with E-state index in [4.69, 9.17) is 27.9 Å². The summed E-state index contributed by atoms with van der Waals surface area (Å²) in [6, 6.07) is 9.03. The zero-order valence-electron chi connectivity index (χ0n) is 12.0. The molecule has 6 nitrogen and oxygen atoms in total. The molecule has 0 aliphatic rings. The van der Waals surface area contributed by atoms with Crippen molar-refractivity contribution in [3.63, 3.8) is 0 Å². The Morgan fingerprint density at radius 3 is 2.65 bits per heavy atom. The lowest BCUT2D eigenvalue weighted by molar-refractivity contribution is -0.385. The minimum atomic E-state index is -0.626. The van der Waals surface area contributed by atoms with Crippen LogP contribution in [0, 0.1) is 17.0 Å². The summed E-state index contributed by atoms with van der Waals surface area (Å²) in [5, 5.41) is 14.3. The van der Waals surface area contributed by atoms with E-state index in [1.165, 1.54) is 12.1 Å². The second-order valence-electron chi connectivity index (χ2n) is 4.67. The predicted octanol–water partition coefficient (Wildman–Crippen LogP) is 4.23. The highest BCUT2D eigenvalue weighted by Gasteiger charge is 2.16. The average molecular weight is 355 g/mol. The summed E-state index contributed by atoms with van der Waals surface area (Å²) in [5.41, 5.74) is 1.10. The van der Waals surface area contributed by atoms with Crippen LogP contribution in [0.4, 0.5) is 11.4 Å². The number of aryl methyl sites for hydroxylation is 1. The summed E-state index contributed by atoms with van der Waals surface area (Å²) in [7, 11) is 0. The van der Waals surface area contributed by atoms with Crippen LogP contribution in [-0.2, 0) is 4.79 Å². The number of nitrogens with one attached hydrogen (secondary N) is 1. The fraction of sp³-hybridized carbons (Fsp3) is 0.133. The number of hydrogen-bond acceptors (Lipinski definition) is 4. The van der Waals surface area contributed by atoms with Gasteiger partial charge in [0.15, 0.2) is 12.4 Å². The molecule has 0 atom stereocenters. The zero-order chi connectivity index (χ0) is 17.0. The Kier molecular flexibility index (Phi) is 5.41. The molecule has 0 aliphatic heterocycles. The molecule has 1 N–H and O–H groups in total. The second kappa shape index (κ2) is 7.30. The van der Waals surface area contributed by atoms with E-state index in [0.717, 1.165) is 11.6 Å². The van der Waals surface area contributed by atoms with Crippen molar-refractivity contribution in [2.75, 3.05) is 11.9 Å². The Balaban J connectivity index is 2.02. The molecule has 0 aromatic heterocycles. The molecule has 0 spiro atoms. The molecule has 1 amide bonds. The molecule has 0 aliphatic carbocycles. The van der Waals surface area contributed by atoms with Gasteiger partial charge in [0.05, 0.1) is 4.92 Å². The average Bonchev–Trinajstić information content (AvgIpc) is 2.49. The van der Waals surface area contributed by atoms with Gasteiger partial charge in [0.25, 0.3) is 5.91 Å². The molecule has 0 saturated carbocycles. The first-order valence-corrected chi connectivity index (χ1v) is 7.25. The standard InChI is InChI=1S/C15H12Cl2N2O4/c1-9-2-4-11(7-12(9)17)18-15(20)8-23-14-5-3-10(16)6-13(14)19(21)22/h2-7H,8H2,1H3,(H,18,20). The summed E-state index contributed by atoms with van der Waals surface area (Å²) >= 11 is 11.7. The van der Waals surface area contributed by atoms with Gasteiger partial charge in [-0.2, -0.15) is 0 Å². The van der Waals surface area contributed by atoms with Crippen LogP contribution in [0.25, 0.3) is 0 Å². The number of carbonyl (C=O) groups excluding carboxylic acids is 1. The highest BCUT2D eigenvalue weighted by molar-refractivity contribution is 6.31. The lowest BCUT2D eigenvalue weighted by Crippen LogP contribution is -2.20. The third-order valence-corrected chi connectivity index (χ3v) is 3.57. The SMILES string of the molecule is Cc1ccc(NC(=O)COc2ccc(Cl)cc2[N+](=O)[O-])cc1Cl. The smallest absolute Gasteiger partial charge is 0.312 e. The van der Waals surface area contributed by atoms with Gasteiger partial charge in [-0.05, 0) is 36.8 Å². The van der Waals surface area contributed by atoms with Crippen molar-refractivity contribution >= 4 is 40.5 Å². The van der Waals surface area contributed by atoms with Gasteiger partial charge >= 0.3 is 5.69 Å². The lowest BCUT2D eigenvalue weighted by Gasteiger charge is -2.09. The number of nitro groups is 1. The summed E-state index contributed by atoms with van der Waals surface area (Å²) in [4.78, 5) is 22.2. The van der Waals surface area contributed by atoms with E-state index in [-0.39, 0.29) is 23.1 Å². The van der Waals surface area contributed by atoms with Crippen LogP contribution in [0.5, 0.6) is 5.75 Å². The number of hydrogen-bond donors (Lipinski definition) is 1. The van der Waals surface area contributed by atoms with Crippen molar-refractivity contribution in [2.24, 2.45) is 0 Å². The first-order chi connectivity index (χ1) is 10.9. The van der Waals surface area contributed by atoms with E-state index in [1.54, 1.807) is 18.2 Å². The Labute approximate surface area is 142 Å². The van der Waals surface area contributed by atoms with Crippen molar-refractivity contribution < 1.29 is 14.5 Å². The number of amides is 1. The third kappa shape index (κ3) is 4.58.